The summed E-state index contributed by atoms with van der Waals surface area (Å²) in [5.74, 6) is -7.39. The maximum absolute atomic E-state index is 14.4. The zero-order chi connectivity index (χ0) is 51.1. The molecule has 11 atom stereocenters. The predicted molar refractivity (Wildman–Crippen MR) is 255 cm³/mol. The molecule has 0 bridgehead atoms. The number of likely N-dealkylation sites (tertiary alicyclic amines) is 2. The lowest BCUT2D eigenvalue weighted by molar-refractivity contribution is -0.144. The van der Waals surface area contributed by atoms with Crippen LogP contribution in [-0.4, -0.2) is 156 Å². The summed E-state index contributed by atoms with van der Waals surface area (Å²) < 4.78 is 0. The van der Waals surface area contributed by atoms with E-state index in [-0.39, 0.29) is 49.1 Å². The van der Waals surface area contributed by atoms with Crippen LogP contribution >= 0.6 is 12.6 Å². The summed E-state index contributed by atoms with van der Waals surface area (Å²) in [6.45, 7) is 10.6. The topological polar surface area (TPSA) is 327 Å². The molecule has 1 aromatic carbocycles. The number of aromatic amines is 1. The van der Waals surface area contributed by atoms with E-state index < -0.39 is 108 Å². The molecule has 69 heavy (non-hydrogen) atoms. The third kappa shape index (κ3) is 15.1. The minimum atomic E-state index is -1.40. The fraction of sp³-hybridized carbons (Fsp3) is 0.609. The van der Waals surface area contributed by atoms with Crippen molar-refractivity contribution in [3.63, 3.8) is 0 Å². The Labute approximate surface area is 407 Å². The van der Waals surface area contributed by atoms with Crippen LogP contribution in [0.4, 0.5) is 0 Å². The second-order valence-corrected chi connectivity index (χ2v) is 18.3. The van der Waals surface area contributed by atoms with Crippen molar-refractivity contribution in [3.8, 4) is 5.75 Å². The summed E-state index contributed by atoms with van der Waals surface area (Å²) >= 11 is 4.28. The summed E-state index contributed by atoms with van der Waals surface area (Å²) in [6.07, 6.45) is 5.38. The Kier molecular flexibility index (Phi) is 20.8. The Morgan fingerprint density at radius 2 is 1.23 bits per heavy atom. The predicted octanol–water partition coefficient (Wildman–Crippen LogP) is -0.735. The van der Waals surface area contributed by atoms with Crippen LogP contribution in [0.25, 0.3) is 0 Å². The number of phenolic OH excluding ortho intramolecular Hbond substituents is 1. The van der Waals surface area contributed by atoms with E-state index in [1.807, 2.05) is 20.8 Å². The van der Waals surface area contributed by atoms with Gasteiger partial charge >= 0.3 is 5.97 Å². The van der Waals surface area contributed by atoms with E-state index in [2.05, 4.69) is 54.5 Å². The van der Waals surface area contributed by atoms with E-state index in [4.69, 9.17) is 5.73 Å². The fourth-order valence-corrected chi connectivity index (χ4v) is 8.40. The molecule has 4 rings (SSSR count). The van der Waals surface area contributed by atoms with Gasteiger partial charge < -0.3 is 62.6 Å². The highest BCUT2D eigenvalue weighted by Crippen LogP contribution is 2.22. The van der Waals surface area contributed by atoms with Gasteiger partial charge in [-0.2, -0.15) is 12.6 Å². The number of hydrogen-bond acceptors (Lipinski definition) is 13. The van der Waals surface area contributed by atoms with Gasteiger partial charge in [0.2, 0.25) is 47.3 Å². The first kappa shape index (κ1) is 55.4. The summed E-state index contributed by atoms with van der Waals surface area (Å²) in [6, 6.07) is -4.37. The number of hydrogen-bond donors (Lipinski definition) is 11. The molecule has 1 aromatic heterocycles. The number of benzene rings is 1. The number of H-pyrrole nitrogens is 1. The van der Waals surface area contributed by atoms with Crippen molar-refractivity contribution < 1.29 is 53.4 Å². The molecule has 8 amide bonds. The lowest BCUT2D eigenvalue weighted by Crippen LogP contribution is -2.61. The number of aromatic nitrogens is 2. The van der Waals surface area contributed by atoms with Crippen LogP contribution in [-0.2, 0) is 56.0 Å². The van der Waals surface area contributed by atoms with E-state index in [0.717, 1.165) is 0 Å². The molecule has 380 valence electrons. The van der Waals surface area contributed by atoms with Crippen molar-refractivity contribution in [1.29, 1.82) is 0 Å². The third-order valence-electron chi connectivity index (χ3n) is 12.9. The standard InChI is InChI=1S/C46H69N11O11S/c1-7-24(3)36(47)45(66)57-18-10-12-35(57)42(63)55-37(25(4)8-2)43(64)53-32(20-29-21-48-23-49-29)39(60)52-31(19-28-13-15-30(58)16-14-28)38(59)54-33(22-69)40(61)50-26(5)44(65)56-17-9-11-34(56)41(62)51-27(6)46(67)68/h13-16,21,23-27,31-37,58,69H,7-12,17-20,22,47H2,1-6H3,(H,48,49)(H,50,61)(H,51,62)(H,52,60)(H,53,64)(H,54,59)(H,55,63)(H,67,68)/t24-,25-,26-,27-,31-,32-,33-,34-,35-,36-,37-/m0/s1. The molecular formula is C46H69N11O11S. The smallest absolute Gasteiger partial charge is 0.325 e. The van der Waals surface area contributed by atoms with Crippen LogP contribution in [0, 0.1) is 11.8 Å². The summed E-state index contributed by atoms with van der Waals surface area (Å²) in [7, 11) is 0. The number of thiol groups is 1. The molecule has 0 saturated carbocycles. The Morgan fingerprint density at radius 1 is 0.710 bits per heavy atom. The van der Waals surface area contributed by atoms with E-state index >= 15 is 0 Å². The second kappa shape index (κ2) is 25.9. The largest absolute Gasteiger partial charge is 0.508 e. The quantitative estimate of drug-likeness (QED) is 0.0579. The molecule has 0 unspecified atom stereocenters. The Balaban J connectivity index is 1.53. The monoisotopic (exact) mass is 983 g/mol. The average Bonchev–Trinajstić information content (AvgIpc) is 4.15. The number of aromatic hydroxyl groups is 1. The van der Waals surface area contributed by atoms with Crippen molar-refractivity contribution in [2.45, 2.75) is 147 Å². The number of amides is 8. The number of carboxylic acids is 1. The highest BCUT2D eigenvalue weighted by Gasteiger charge is 2.41. The molecule has 23 heteroatoms. The van der Waals surface area contributed by atoms with Crippen molar-refractivity contribution >= 4 is 65.9 Å². The van der Waals surface area contributed by atoms with Crippen LogP contribution < -0.4 is 37.6 Å². The number of carbonyl (C=O) groups is 9. The number of nitrogens with two attached hydrogens (primary N) is 1. The molecule has 22 nitrogen and oxygen atoms in total. The minimum Gasteiger partial charge on any atom is -0.508 e. The van der Waals surface area contributed by atoms with Crippen LogP contribution in [0.5, 0.6) is 5.75 Å². The van der Waals surface area contributed by atoms with Gasteiger partial charge in [-0.25, -0.2) is 4.98 Å². The van der Waals surface area contributed by atoms with E-state index in [1.54, 1.807) is 6.92 Å². The van der Waals surface area contributed by atoms with Gasteiger partial charge in [0, 0.05) is 43.6 Å². The first-order valence-corrected chi connectivity index (χ1v) is 24.1. The number of imidazole rings is 1. The lowest BCUT2D eigenvalue weighted by atomic mass is 9.96. The van der Waals surface area contributed by atoms with Gasteiger partial charge in [-0.15, -0.1) is 0 Å². The first-order chi connectivity index (χ1) is 32.7. The van der Waals surface area contributed by atoms with Crippen LogP contribution in [0.1, 0.15) is 91.3 Å². The Hall–Kier alpha value is -6.23. The number of nitrogens with one attached hydrogen (secondary N) is 7. The Bertz CT molecular complexity index is 2130. The van der Waals surface area contributed by atoms with Crippen LogP contribution in [0.2, 0.25) is 0 Å². The number of aliphatic carboxylic acids is 1. The molecule has 11 N–H and O–H groups in total. The molecule has 3 heterocycles. The van der Waals surface area contributed by atoms with Gasteiger partial charge in [0.05, 0.1) is 12.4 Å². The molecule has 0 radical (unpaired) electrons. The molecule has 0 spiro atoms. The van der Waals surface area contributed by atoms with Crippen LogP contribution in [0.15, 0.2) is 36.8 Å². The van der Waals surface area contributed by atoms with Gasteiger partial charge in [-0.3, -0.25) is 43.2 Å². The molecule has 2 aliphatic heterocycles. The number of phenols is 1. The first-order valence-electron chi connectivity index (χ1n) is 23.5. The molecule has 2 fully saturated rings. The number of rotatable bonds is 24. The normalized spacial score (nSPS) is 19.6. The molecule has 0 aliphatic carbocycles. The van der Waals surface area contributed by atoms with Gasteiger partial charge in [0.15, 0.2) is 0 Å². The average molecular weight is 984 g/mol. The number of carbonyl (C=O) groups excluding carboxylic acids is 8. The maximum Gasteiger partial charge on any atom is 0.325 e. The number of carboxylic acid groups (broad SMARTS) is 1. The second-order valence-electron chi connectivity index (χ2n) is 18.0. The maximum atomic E-state index is 14.4. The lowest BCUT2D eigenvalue weighted by Gasteiger charge is -2.31. The van der Waals surface area contributed by atoms with E-state index in [9.17, 15) is 53.4 Å². The third-order valence-corrected chi connectivity index (χ3v) is 13.3. The van der Waals surface area contributed by atoms with Gasteiger partial charge in [0.1, 0.15) is 54.1 Å². The van der Waals surface area contributed by atoms with Crippen molar-refractivity contribution in [2.75, 3.05) is 18.8 Å². The fourth-order valence-electron chi connectivity index (χ4n) is 8.14. The molecule has 2 aromatic rings. The molecule has 2 saturated heterocycles. The molecule has 2 aliphatic rings. The Morgan fingerprint density at radius 3 is 1.77 bits per heavy atom. The van der Waals surface area contributed by atoms with Gasteiger partial charge in [0.25, 0.3) is 0 Å². The number of nitrogens with zero attached hydrogens (tertiary/aromatic N) is 3. The van der Waals surface area contributed by atoms with Crippen molar-refractivity contribution in [2.24, 2.45) is 17.6 Å². The van der Waals surface area contributed by atoms with Crippen molar-refractivity contribution in [1.82, 2.24) is 51.7 Å². The zero-order valence-corrected chi connectivity index (χ0v) is 40.9. The highest BCUT2D eigenvalue weighted by molar-refractivity contribution is 7.80. The summed E-state index contributed by atoms with van der Waals surface area (Å²) in [5.41, 5.74) is 7.22. The summed E-state index contributed by atoms with van der Waals surface area (Å²) in [5, 5.41) is 35.0. The van der Waals surface area contributed by atoms with Crippen LogP contribution in [0.3, 0.4) is 0 Å². The van der Waals surface area contributed by atoms with Crippen molar-refractivity contribution in [3.05, 3.63) is 48.0 Å². The molecular weight excluding hydrogens is 915 g/mol. The van der Waals surface area contributed by atoms with Gasteiger partial charge in [-0.1, -0.05) is 52.7 Å². The van der Waals surface area contributed by atoms with E-state index in [0.29, 0.717) is 49.9 Å². The zero-order valence-electron chi connectivity index (χ0n) is 40.0. The highest BCUT2D eigenvalue weighted by atomic mass is 32.1. The van der Waals surface area contributed by atoms with E-state index in [1.165, 1.54) is 60.4 Å². The van der Waals surface area contributed by atoms with Gasteiger partial charge in [-0.05, 0) is 69.1 Å². The summed E-state index contributed by atoms with van der Waals surface area (Å²) in [4.78, 5) is 131. The minimum absolute atomic E-state index is 0.0536. The SMILES string of the molecule is CC[C@H](C)[C@H](N)C(=O)N1CCC[C@H]1C(=O)N[C@H](C(=O)N[C@@H](Cc1cnc[nH]1)C(=O)N[C@@H](Cc1ccc(O)cc1)C(=O)N[C@@H](CS)C(=O)N[C@@H](C)C(=O)N1CCC[C@H]1C(=O)N[C@@H](C)C(=O)O)[C@@H](C)CC.